The third kappa shape index (κ3) is 4.27. The molecular weight excluding hydrogens is 406 g/mol. The van der Waals surface area contributed by atoms with Crippen molar-refractivity contribution in [2.24, 2.45) is 0 Å². The minimum absolute atomic E-state index is 0.0194. The van der Waals surface area contributed by atoms with Gasteiger partial charge in [0.05, 0.1) is 31.1 Å². The summed E-state index contributed by atoms with van der Waals surface area (Å²) in [4.78, 5) is 20.8. The quantitative estimate of drug-likeness (QED) is 0.489. The molecule has 0 spiro atoms. The molecule has 5 rings (SSSR count). The van der Waals surface area contributed by atoms with Crippen LogP contribution in [-0.4, -0.2) is 67.4 Å². The van der Waals surface area contributed by atoms with Crippen LogP contribution in [0, 0.1) is 0 Å². The number of amides is 1. The SMILES string of the molecule is CC(NC(=O)c1ccc2c(-c3cccnc3C3CNCCO3)c[nH]c2c1)C1CNCCO1. The van der Waals surface area contributed by atoms with E-state index in [1.807, 2.05) is 37.4 Å². The van der Waals surface area contributed by atoms with Crippen molar-refractivity contribution < 1.29 is 14.3 Å². The van der Waals surface area contributed by atoms with Crippen LogP contribution < -0.4 is 16.0 Å². The number of fused-ring (bicyclic) bond motifs is 1. The normalized spacial score (nSPS) is 22.5. The van der Waals surface area contributed by atoms with Gasteiger partial charge in [0.1, 0.15) is 6.10 Å². The Labute approximate surface area is 187 Å². The number of hydrogen-bond donors (Lipinski definition) is 4. The van der Waals surface area contributed by atoms with Crippen molar-refractivity contribution in [2.75, 3.05) is 39.4 Å². The highest BCUT2D eigenvalue weighted by Gasteiger charge is 2.24. The van der Waals surface area contributed by atoms with Gasteiger partial charge in [-0.1, -0.05) is 12.1 Å². The van der Waals surface area contributed by atoms with E-state index in [-0.39, 0.29) is 24.2 Å². The molecule has 4 N–H and O–H groups in total. The molecule has 3 aromatic rings. The van der Waals surface area contributed by atoms with E-state index in [2.05, 4.69) is 32.0 Å². The van der Waals surface area contributed by atoms with Gasteiger partial charge in [0.2, 0.25) is 0 Å². The number of morpholine rings is 2. The van der Waals surface area contributed by atoms with Gasteiger partial charge in [0.15, 0.2) is 0 Å². The third-order valence-corrected chi connectivity index (χ3v) is 6.18. The van der Waals surface area contributed by atoms with Gasteiger partial charge in [0.25, 0.3) is 5.91 Å². The maximum absolute atomic E-state index is 12.8. The Kier molecular flexibility index (Phi) is 6.18. The van der Waals surface area contributed by atoms with Gasteiger partial charge in [-0.3, -0.25) is 9.78 Å². The molecule has 32 heavy (non-hydrogen) atoms. The Morgan fingerprint density at radius 1 is 1.12 bits per heavy atom. The summed E-state index contributed by atoms with van der Waals surface area (Å²) in [6, 6.07) is 9.71. The highest BCUT2D eigenvalue weighted by atomic mass is 16.5. The van der Waals surface area contributed by atoms with E-state index < -0.39 is 0 Å². The zero-order valence-corrected chi connectivity index (χ0v) is 18.2. The van der Waals surface area contributed by atoms with Crippen LogP contribution in [0.1, 0.15) is 29.1 Å². The molecule has 0 bridgehead atoms. The molecule has 0 aliphatic carbocycles. The van der Waals surface area contributed by atoms with Gasteiger partial charge in [-0.15, -0.1) is 0 Å². The summed E-state index contributed by atoms with van der Waals surface area (Å²) in [5.41, 5.74) is 4.55. The minimum Gasteiger partial charge on any atom is -0.373 e. The largest absolute Gasteiger partial charge is 0.373 e. The van der Waals surface area contributed by atoms with Crippen LogP contribution in [-0.2, 0) is 9.47 Å². The van der Waals surface area contributed by atoms with Gasteiger partial charge in [-0.05, 0) is 25.1 Å². The fourth-order valence-electron chi connectivity index (χ4n) is 4.42. The first kappa shape index (κ1) is 21.1. The Morgan fingerprint density at radius 3 is 2.75 bits per heavy atom. The molecule has 2 aromatic heterocycles. The number of carbonyl (C=O) groups excluding carboxylic acids is 1. The van der Waals surface area contributed by atoms with E-state index in [0.29, 0.717) is 18.8 Å². The van der Waals surface area contributed by atoms with Crippen LogP contribution in [0.2, 0.25) is 0 Å². The molecule has 2 saturated heterocycles. The van der Waals surface area contributed by atoms with E-state index in [9.17, 15) is 4.79 Å². The van der Waals surface area contributed by atoms with Crippen molar-refractivity contribution in [1.29, 1.82) is 0 Å². The first-order valence-corrected chi connectivity index (χ1v) is 11.2. The second kappa shape index (κ2) is 9.38. The molecule has 2 aliphatic heterocycles. The number of ether oxygens (including phenoxy) is 2. The number of pyridine rings is 1. The number of aromatic nitrogens is 2. The third-order valence-electron chi connectivity index (χ3n) is 6.18. The molecule has 0 saturated carbocycles. The summed E-state index contributed by atoms with van der Waals surface area (Å²) in [6.45, 7) is 6.52. The van der Waals surface area contributed by atoms with E-state index >= 15 is 0 Å². The second-order valence-corrected chi connectivity index (χ2v) is 8.34. The topological polar surface area (TPSA) is 100 Å². The maximum atomic E-state index is 12.8. The number of nitrogens with zero attached hydrogens (tertiary/aromatic N) is 1. The lowest BCUT2D eigenvalue weighted by molar-refractivity contribution is 0.00860. The van der Waals surface area contributed by atoms with Gasteiger partial charge in [0, 0.05) is 66.2 Å². The Hall–Kier alpha value is -2.78. The lowest BCUT2D eigenvalue weighted by Gasteiger charge is -2.29. The number of H-pyrrole nitrogens is 1. The second-order valence-electron chi connectivity index (χ2n) is 8.34. The highest BCUT2D eigenvalue weighted by molar-refractivity contribution is 6.02. The molecule has 8 nitrogen and oxygen atoms in total. The van der Waals surface area contributed by atoms with Gasteiger partial charge >= 0.3 is 0 Å². The predicted octanol–water partition coefficient (Wildman–Crippen LogP) is 2.00. The zero-order chi connectivity index (χ0) is 21.9. The fourth-order valence-corrected chi connectivity index (χ4v) is 4.42. The average Bonchev–Trinajstić information content (AvgIpc) is 3.28. The van der Waals surface area contributed by atoms with Crippen molar-refractivity contribution in [3.05, 3.63) is 54.0 Å². The van der Waals surface area contributed by atoms with Crippen molar-refractivity contribution in [3.8, 4) is 11.1 Å². The number of carbonyl (C=O) groups is 1. The monoisotopic (exact) mass is 435 g/mol. The first-order valence-electron chi connectivity index (χ1n) is 11.2. The smallest absolute Gasteiger partial charge is 0.251 e. The molecule has 3 atom stereocenters. The van der Waals surface area contributed by atoms with Crippen LogP contribution in [0.5, 0.6) is 0 Å². The molecule has 2 aliphatic rings. The number of aromatic amines is 1. The van der Waals surface area contributed by atoms with Crippen LogP contribution in [0.25, 0.3) is 22.0 Å². The summed E-state index contributed by atoms with van der Waals surface area (Å²) in [5.74, 6) is -0.103. The molecule has 1 amide bonds. The van der Waals surface area contributed by atoms with E-state index in [1.54, 1.807) is 6.20 Å². The van der Waals surface area contributed by atoms with Gasteiger partial charge in [-0.25, -0.2) is 0 Å². The molecule has 168 valence electrons. The molecule has 4 heterocycles. The molecular formula is C24H29N5O3. The Balaban J connectivity index is 1.38. The van der Waals surface area contributed by atoms with Crippen LogP contribution in [0.4, 0.5) is 0 Å². The Bertz CT molecular complexity index is 1090. The standard InChI is InChI=1S/C24H29N5O3/c1-15(21-13-25-7-9-31-21)29-24(30)16-4-5-17-19(12-28-20(17)11-16)18-3-2-6-27-23(18)22-14-26-8-10-32-22/h2-6,11-12,15,21-22,25-26,28H,7-10,13-14H2,1H3,(H,29,30). The zero-order valence-electron chi connectivity index (χ0n) is 18.2. The number of nitrogens with one attached hydrogen (secondary N) is 4. The van der Waals surface area contributed by atoms with Crippen LogP contribution >= 0.6 is 0 Å². The lowest BCUT2D eigenvalue weighted by atomic mass is 9.99. The predicted molar refractivity (Wildman–Crippen MR) is 123 cm³/mol. The maximum Gasteiger partial charge on any atom is 0.251 e. The van der Waals surface area contributed by atoms with Gasteiger partial charge < -0.3 is 30.4 Å². The van der Waals surface area contributed by atoms with Crippen molar-refractivity contribution in [1.82, 2.24) is 25.9 Å². The van der Waals surface area contributed by atoms with Crippen molar-refractivity contribution in [3.63, 3.8) is 0 Å². The number of rotatable bonds is 5. The summed E-state index contributed by atoms with van der Waals surface area (Å²) >= 11 is 0. The summed E-state index contributed by atoms with van der Waals surface area (Å²) in [7, 11) is 0. The Morgan fingerprint density at radius 2 is 1.97 bits per heavy atom. The number of benzene rings is 1. The summed E-state index contributed by atoms with van der Waals surface area (Å²) in [5, 5.41) is 10.8. The summed E-state index contributed by atoms with van der Waals surface area (Å²) in [6.07, 6.45) is 3.69. The average molecular weight is 436 g/mol. The summed E-state index contributed by atoms with van der Waals surface area (Å²) < 4.78 is 11.7. The van der Waals surface area contributed by atoms with Crippen LogP contribution in [0.3, 0.4) is 0 Å². The van der Waals surface area contributed by atoms with E-state index in [0.717, 1.165) is 53.9 Å². The van der Waals surface area contributed by atoms with E-state index in [1.165, 1.54) is 0 Å². The molecule has 1 aromatic carbocycles. The van der Waals surface area contributed by atoms with Crippen molar-refractivity contribution >= 4 is 16.8 Å². The van der Waals surface area contributed by atoms with E-state index in [4.69, 9.17) is 9.47 Å². The highest BCUT2D eigenvalue weighted by Crippen LogP contribution is 2.34. The minimum atomic E-state index is -0.103. The van der Waals surface area contributed by atoms with Crippen molar-refractivity contribution in [2.45, 2.75) is 25.2 Å². The molecule has 3 unspecified atom stereocenters. The fraction of sp³-hybridized carbons (Fsp3) is 0.417. The van der Waals surface area contributed by atoms with Crippen LogP contribution in [0.15, 0.2) is 42.7 Å². The first-order chi connectivity index (χ1) is 15.7. The molecule has 8 heteroatoms. The number of hydrogen-bond acceptors (Lipinski definition) is 6. The molecule has 2 fully saturated rings. The lowest BCUT2D eigenvalue weighted by Crippen LogP contribution is -2.50. The van der Waals surface area contributed by atoms with Gasteiger partial charge in [-0.2, -0.15) is 0 Å². The molecule has 0 radical (unpaired) electrons.